The molecule has 0 radical (unpaired) electrons. The van der Waals surface area contributed by atoms with Crippen LogP contribution in [0, 0.1) is 18.3 Å². The number of aryl methyl sites for hydroxylation is 1. The molecule has 5 aromatic rings. The minimum Gasteiger partial charge on any atom is -0.493 e. The number of para-hydroxylation sites is 1. The number of benzene rings is 3. The largest absolute Gasteiger partial charge is 0.493 e. The van der Waals surface area contributed by atoms with E-state index in [2.05, 4.69) is 16.2 Å². The highest BCUT2D eigenvalue weighted by molar-refractivity contribution is 5.53. The van der Waals surface area contributed by atoms with Gasteiger partial charge >= 0.3 is 0 Å². The first-order valence-corrected chi connectivity index (χ1v) is 11.6. The summed E-state index contributed by atoms with van der Waals surface area (Å²) in [6.45, 7) is 2.31. The van der Waals surface area contributed by atoms with E-state index in [0.717, 1.165) is 16.8 Å². The summed E-state index contributed by atoms with van der Waals surface area (Å²) in [5, 5.41) is 13.9. The summed E-state index contributed by atoms with van der Waals surface area (Å²) < 4.78 is 24.9. The zero-order chi connectivity index (χ0) is 25.6. The maximum Gasteiger partial charge on any atom is 0.251 e. The number of nitriles is 1. The van der Waals surface area contributed by atoms with E-state index in [9.17, 15) is 5.26 Å². The number of hydrogen-bond acceptors (Lipinski definition) is 7. The third kappa shape index (κ3) is 5.31. The second-order valence-electron chi connectivity index (χ2n) is 8.19. The molecule has 37 heavy (non-hydrogen) atoms. The van der Waals surface area contributed by atoms with Gasteiger partial charge < -0.3 is 18.6 Å². The molecule has 2 aromatic heterocycles. The van der Waals surface area contributed by atoms with Crippen molar-refractivity contribution in [2.75, 3.05) is 7.11 Å². The summed E-state index contributed by atoms with van der Waals surface area (Å²) in [5.74, 6) is 2.65. The lowest BCUT2D eigenvalue weighted by Gasteiger charge is -2.12. The van der Waals surface area contributed by atoms with Gasteiger partial charge in [-0.15, -0.1) is 5.10 Å². The predicted octanol–water partition coefficient (Wildman–Crippen LogP) is 5.87. The van der Waals surface area contributed by atoms with Crippen LogP contribution in [0.3, 0.4) is 0 Å². The Morgan fingerprint density at radius 2 is 1.68 bits per heavy atom. The van der Waals surface area contributed by atoms with Crippen molar-refractivity contribution in [2.45, 2.75) is 20.1 Å². The Hall–Kier alpha value is -5.03. The van der Waals surface area contributed by atoms with E-state index < -0.39 is 0 Å². The van der Waals surface area contributed by atoms with Crippen molar-refractivity contribution < 1.29 is 18.6 Å². The molecule has 0 saturated carbocycles. The fraction of sp³-hybridized carbons (Fsp3) is 0.138. The van der Waals surface area contributed by atoms with E-state index in [1.54, 1.807) is 18.0 Å². The fourth-order valence-corrected chi connectivity index (χ4v) is 3.74. The molecule has 184 valence electrons. The number of methoxy groups -OCH3 is 1. The van der Waals surface area contributed by atoms with Crippen LogP contribution >= 0.6 is 0 Å². The molecule has 0 aliphatic carbocycles. The molecule has 0 N–H and O–H groups in total. The van der Waals surface area contributed by atoms with Gasteiger partial charge in [0.25, 0.3) is 5.88 Å². The van der Waals surface area contributed by atoms with Crippen molar-refractivity contribution in [3.05, 3.63) is 108 Å². The van der Waals surface area contributed by atoms with Gasteiger partial charge in [0.2, 0.25) is 5.89 Å². The fourth-order valence-electron chi connectivity index (χ4n) is 3.74. The maximum atomic E-state index is 9.50. The highest BCUT2D eigenvalue weighted by Gasteiger charge is 2.15. The minimum atomic E-state index is 0.208. The second kappa shape index (κ2) is 10.7. The minimum absolute atomic E-state index is 0.208. The molecule has 2 heterocycles. The van der Waals surface area contributed by atoms with Crippen LogP contribution in [-0.2, 0) is 13.2 Å². The molecule has 0 amide bonds. The molecule has 0 aliphatic heterocycles. The van der Waals surface area contributed by atoms with Crippen LogP contribution in [0.15, 0.2) is 89.5 Å². The van der Waals surface area contributed by atoms with Crippen LogP contribution in [-0.4, -0.2) is 21.9 Å². The summed E-state index contributed by atoms with van der Waals surface area (Å²) >= 11 is 0. The van der Waals surface area contributed by atoms with Gasteiger partial charge in [-0.25, -0.2) is 9.67 Å². The Kier molecular flexibility index (Phi) is 6.86. The van der Waals surface area contributed by atoms with Crippen LogP contribution in [0.4, 0.5) is 0 Å². The molecule has 5 rings (SSSR count). The van der Waals surface area contributed by atoms with Crippen LogP contribution in [0.2, 0.25) is 0 Å². The topological polar surface area (TPSA) is 95.3 Å². The third-order valence-corrected chi connectivity index (χ3v) is 5.70. The first-order chi connectivity index (χ1) is 18.1. The zero-order valence-corrected chi connectivity index (χ0v) is 20.4. The Labute approximate surface area is 214 Å². The summed E-state index contributed by atoms with van der Waals surface area (Å²) in [5.41, 5.74) is 3.66. The lowest BCUT2D eigenvalue weighted by Crippen LogP contribution is -2.02. The van der Waals surface area contributed by atoms with Gasteiger partial charge in [0, 0.05) is 5.56 Å². The maximum absolute atomic E-state index is 9.50. The van der Waals surface area contributed by atoms with Gasteiger partial charge in [-0.2, -0.15) is 5.26 Å². The second-order valence-corrected chi connectivity index (χ2v) is 8.19. The van der Waals surface area contributed by atoms with Gasteiger partial charge in [-0.05, 0) is 48.9 Å². The lowest BCUT2D eigenvalue weighted by molar-refractivity contribution is 0.275. The predicted molar refractivity (Wildman–Crippen MR) is 137 cm³/mol. The van der Waals surface area contributed by atoms with Crippen molar-refractivity contribution in [3.8, 4) is 40.6 Å². The van der Waals surface area contributed by atoms with Gasteiger partial charge in [-0.3, -0.25) is 0 Å². The summed E-state index contributed by atoms with van der Waals surface area (Å²) in [6.07, 6.45) is 1.65. The standard InChI is InChI=1S/C29H24N4O4/c1-20-25(31-28(37-20)22-9-5-3-6-10-22)19-35-26-14-13-21(15-27(26)34-2)18-36-29-23(16-30)17-33(32-29)24-11-7-4-8-12-24/h3-15,17H,18-19H2,1-2H3. The van der Waals surface area contributed by atoms with Crippen molar-refractivity contribution in [2.24, 2.45) is 0 Å². The van der Waals surface area contributed by atoms with Gasteiger partial charge in [0.1, 0.15) is 36.3 Å². The number of oxazole rings is 1. The molecule has 0 aliphatic rings. The Morgan fingerprint density at radius 1 is 0.919 bits per heavy atom. The van der Waals surface area contributed by atoms with Gasteiger partial charge in [0.05, 0.1) is 19.0 Å². The normalized spacial score (nSPS) is 10.6. The number of nitrogens with zero attached hydrogens (tertiary/aromatic N) is 4. The lowest BCUT2D eigenvalue weighted by atomic mass is 10.2. The molecule has 0 bridgehead atoms. The molecule has 0 fully saturated rings. The summed E-state index contributed by atoms with van der Waals surface area (Å²) in [4.78, 5) is 4.58. The average Bonchev–Trinajstić information content (AvgIpc) is 3.55. The molecule has 0 unspecified atom stereocenters. The Bertz CT molecular complexity index is 1540. The smallest absolute Gasteiger partial charge is 0.251 e. The quantitative estimate of drug-likeness (QED) is 0.254. The highest BCUT2D eigenvalue weighted by atomic mass is 16.5. The Balaban J connectivity index is 1.26. The van der Waals surface area contributed by atoms with E-state index in [1.165, 1.54) is 0 Å². The van der Waals surface area contributed by atoms with Crippen molar-refractivity contribution in [1.29, 1.82) is 5.26 Å². The van der Waals surface area contributed by atoms with E-state index >= 15 is 0 Å². The van der Waals surface area contributed by atoms with Crippen LogP contribution in [0.25, 0.3) is 17.1 Å². The van der Waals surface area contributed by atoms with E-state index in [0.29, 0.717) is 34.4 Å². The van der Waals surface area contributed by atoms with E-state index in [4.69, 9.17) is 18.6 Å². The number of rotatable bonds is 9. The summed E-state index contributed by atoms with van der Waals surface area (Å²) in [6, 6.07) is 27.0. The molecular formula is C29H24N4O4. The average molecular weight is 493 g/mol. The first kappa shape index (κ1) is 23.7. The van der Waals surface area contributed by atoms with Crippen LogP contribution in [0.5, 0.6) is 17.4 Å². The van der Waals surface area contributed by atoms with Crippen LogP contribution in [0.1, 0.15) is 22.6 Å². The molecule has 0 atom stereocenters. The van der Waals surface area contributed by atoms with Crippen molar-refractivity contribution >= 4 is 0 Å². The first-order valence-electron chi connectivity index (χ1n) is 11.6. The SMILES string of the molecule is COc1cc(COc2nn(-c3ccccc3)cc2C#N)ccc1OCc1nc(-c2ccccc2)oc1C. The molecule has 0 spiro atoms. The van der Waals surface area contributed by atoms with Crippen molar-refractivity contribution in [1.82, 2.24) is 14.8 Å². The summed E-state index contributed by atoms with van der Waals surface area (Å²) in [7, 11) is 1.58. The van der Waals surface area contributed by atoms with E-state index in [-0.39, 0.29) is 19.1 Å². The van der Waals surface area contributed by atoms with Crippen LogP contribution < -0.4 is 14.2 Å². The monoisotopic (exact) mass is 492 g/mol. The molecule has 8 nitrogen and oxygen atoms in total. The molecule has 8 heteroatoms. The Morgan fingerprint density at radius 3 is 2.41 bits per heavy atom. The molecule has 3 aromatic carbocycles. The number of ether oxygens (including phenoxy) is 3. The van der Waals surface area contributed by atoms with Gasteiger partial charge in [-0.1, -0.05) is 42.5 Å². The zero-order valence-electron chi connectivity index (χ0n) is 20.4. The highest BCUT2D eigenvalue weighted by Crippen LogP contribution is 2.30. The van der Waals surface area contributed by atoms with Crippen molar-refractivity contribution in [3.63, 3.8) is 0 Å². The number of hydrogen-bond donors (Lipinski definition) is 0. The third-order valence-electron chi connectivity index (χ3n) is 5.70. The molecule has 0 saturated heterocycles. The van der Waals surface area contributed by atoms with Gasteiger partial charge in [0.15, 0.2) is 11.5 Å². The molecular weight excluding hydrogens is 468 g/mol. The number of aromatic nitrogens is 3. The van der Waals surface area contributed by atoms with E-state index in [1.807, 2.05) is 85.8 Å².